The van der Waals surface area contributed by atoms with E-state index in [1.54, 1.807) is 0 Å². The molecule has 0 saturated carbocycles. The summed E-state index contributed by atoms with van der Waals surface area (Å²) in [4.78, 5) is 36.8. The van der Waals surface area contributed by atoms with Gasteiger partial charge in [0.15, 0.2) is 0 Å². The summed E-state index contributed by atoms with van der Waals surface area (Å²) in [5.74, 6) is -0.112. The van der Waals surface area contributed by atoms with E-state index in [2.05, 4.69) is 10.6 Å². The van der Waals surface area contributed by atoms with Crippen molar-refractivity contribution < 1.29 is 19.5 Å². The summed E-state index contributed by atoms with van der Waals surface area (Å²) >= 11 is 0. The number of amides is 3. The Morgan fingerprint density at radius 3 is 2.21 bits per heavy atom. The van der Waals surface area contributed by atoms with Crippen molar-refractivity contribution in [2.75, 3.05) is 6.54 Å². The highest BCUT2D eigenvalue weighted by Crippen LogP contribution is 2.24. The van der Waals surface area contributed by atoms with Crippen molar-refractivity contribution in [3.05, 3.63) is 0 Å². The van der Waals surface area contributed by atoms with Gasteiger partial charge < -0.3 is 25.4 Å². The third-order valence-electron chi connectivity index (χ3n) is 4.38. The quantitative estimate of drug-likeness (QED) is 0.656. The Hall–Kier alpha value is -1.63. The predicted molar refractivity (Wildman–Crippen MR) is 91.2 cm³/mol. The molecule has 3 atom stereocenters. The summed E-state index contributed by atoms with van der Waals surface area (Å²) in [6, 6.07) is -1.43. The van der Waals surface area contributed by atoms with Crippen molar-refractivity contribution in [2.45, 2.75) is 72.7 Å². The number of hydrogen-bond acceptors (Lipinski definition) is 4. The lowest BCUT2D eigenvalue weighted by Crippen LogP contribution is -2.57. The van der Waals surface area contributed by atoms with Gasteiger partial charge in [0, 0.05) is 19.4 Å². The monoisotopic (exact) mass is 341 g/mol. The Bertz CT molecular complexity index is 479. The van der Waals surface area contributed by atoms with Gasteiger partial charge in [0.2, 0.25) is 5.91 Å². The minimum absolute atomic E-state index is 0.112. The van der Waals surface area contributed by atoms with E-state index < -0.39 is 23.7 Å². The van der Waals surface area contributed by atoms with Gasteiger partial charge in [0.25, 0.3) is 0 Å². The number of aldehydes is 1. The average molecular weight is 341 g/mol. The van der Waals surface area contributed by atoms with Gasteiger partial charge in [-0.05, 0) is 10.8 Å². The van der Waals surface area contributed by atoms with E-state index >= 15 is 0 Å². The Balaban J connectivity index is 2.78. The van der Waals surface area contributed by atoms with Crippen LogP contribution < -0.4 is 10.6 Å². The first-order valence-electron chi connectivity index (χ1n) is 8.36. The number of rotatable bonds is 5. The molecule has 1 aliphatic rings. The van der Waals surface area contributed by atoms with Crippen LogP contribution in [0.3, 0.4) is 0 Å². The first kappa shape index (κ1) is 20.4. The minimum Gasteiger partial charge on any atom is -0.374 e. The molecule has 0 aromatic carbocycles. The molecule has 138 valence electrons. The largest absolute Gasteiger partial charge is 0.374 e. The fourth-order valence-electron chi connectivity index (χ4n) is 2.47. The van der Waals surface area contributed by atoms with E-state index in [-0.39, 0.29) is 23.9 Å². The lowest BCUT2D eigenvalue weighted by molar-refractivity contribution is -0.134. The highest BCUT2D eigenvalue weighted by molar-refractivity contribution is 5.80. The molecule has 24 heavy (non-hydrogen) atoms. The van der Waals surface area contributed by atoms with Crippen LogP contribution >= 0.6 is 0 Å². The number of aliphatic hydroxyl groups is 1. The second-order valence-corrected chi connectivity index (χ2v) is 8.58. The molecule has 1 saturated heterocycles. The summed E-state index contributed by atoms with van der Waals surface area (Å²) in [7, 11) is 0. The van der Waals surface area contributed by atoms with Crippen molar-refractivity contribution in [1.82, 2.24) is 15.5 Å². The van der Waals surface area contributed by atoms with Crippen LogP contribution in [0, 0.1) is 10.8 Å². The molecule has 0 aliphatic carbocycles. The van der Waals surface area contributed by atoms with Crippen LogP contribution in [0.1, 0.15) is 54.4 Å². The normalized spacial score (nSPS) is 21.4. The van der Waals surface area contributed by atoms with Crippen LogP contribution in [0.15, 0.2) is 0 Å². The number of urea groups is 1. The van der Waals surface area contributed by atoms with E-state index in [0.29, 0.717) is 12.8 Å². The van der Waals surface area contributed by atoms with Gasteiger partial charge in [-0.2, -0.15) is 0 Å². The maximum Gasteiger partial charge on any atom is 0.315 e. The van der Waals surface area contributed by atoms with Gasteiger partial charge >= 0.3 is 6.03 Å². The number of nitrogens with zero attached hydrogens (tertiary/aromatic N) is 1. The topological polar surface area (TPSA) is 98.7 Å². The van der Waals surface area contributed by atoms with E-state index in [9.17, 15) is 19.5 Å². The van der Waals surface area contributed by atoms with Crippen LogP contribution in [0.25, 0.3) is 0 Å². The van der Waals surface area contributed by atoms with Gasteiger partial charge in [-0.3, -0.25) is 4.79 Å². The lowest BCUT2D eigenvalue weighted by Gasteiger charge is -2.36. The Morgan fingerprint density at radius 2 is 1.83 bits per heavy atom. The zero-order chi connectivity index (χ0) is 18.7. The molecule has 1 aliphatic heterocycles. The second kappa shape index (κ2) is 7.51. The smallest absolute Gasteiger partial charge is 0.315 e. The van der Waals surface area contributed by atoms with Gasteiger partial charge in [-0.25, -0.2) is 4.79 Å². The minimum atomic E-state index is -0.801. The van der Waals surface area contributed by atoms with Gasteiger partial charge in [-0.1, -0.05) is 41.5 Å². The van der Waals surface area contributed by atoms with Crippen LogP contribution in [0.4, 0.5) is 4.79 Å². The average Bonchev–Trinajstić information content (AvgIpc) is 2.73. The number of hydrogen-bond donors (Lipinski definition) is 3. The third kappa shape index (κ3) is 5.47. The van der Waals surface area contributed by atoms with Gasteiger partial charge in [-0.15, -0.1) is 0 Å². The van der Waals surface area contributed by atoms with Crippen LogP contribution in [-0.2, 0) is 9.59 Å². The molecule has 0 spiro atoms. The standard InChI is InChI=1S/C17H31N3O4/c1-16(2,3)11(9-20-13(22)7-8-14(20)23)18-15(24)19-12(10-21)17(4,5)6/h10-13,22H,7-9H2,1-6H3,(H2,18,19,24)/t11-,12-,13?/m1/s1. The van der Waals surface area contributed by atoms with Crippen LogP contribution in [0.2, 0.25) is 0 Å². The fourth-order valence-corrected chi connectivity index (χ4v) is 2.47. The first-order valence-corrected chi connectivity index (χ1v) is 8.36. The molecule has 7 heteroatoms. The van der Waals surface area contributed by atoms with Crippen molar-refractivity contribution in [1.29, 1.82) is 0 Å². The zero-order valence-corrected chi connectivity index (χ0v) is 15.5. The number of aliphatic hydroxyl groups excluding tert-OH is 1. The summed E-state index contributed by atoms with van der Waals surface area (Å²) in [6.45, 7) is 11.7. The number of likely N-dealkylation sites (tertiary alicyclic amines) is 1. The Labute approximate surface area is 144 Å². The Morgan fingerprint density at radius 1 is 1.25 bits per heavy atom. The van der Waals surface area contributed by atoms with Crippen molar-refractivity contribution >= 4 is 18.2 Å². The summed E-state index contributed by atoms with van der Waals surface area (Å²) in [6.07, 6.45) is 0.657. The molecule has 0 aromatic heterocycles. The summed E-state index contributed by atoms with van der Waals surface area (Å²) in [5.41, 5.74) is -0.713. The number of carbonyl (C=O) groups is 3. The predicted octanol–water partition coefficient (Wildman–Crippen LogP) is 1.25. The highest BCUT2D eigenvalue weighted by Gasteiger charge is 2.36. The van der Waals surface area contributed by atoms with E-state index in [1.807, 2.05) is 41.5 Å². The van der Waals surface area contributed by atoms with Crippen molar-refractivity contribution in [3.8, 4) is 0 Å². The zero-order valence-electron chi connectivity index (χ0n) is 15.5. The summed E-state index contributed by atoms with van der Waals surface area (Å²) < 4.78 is 0. The van der Waals surface area contributed by atoms with E-state index in [1.165, 1.54) is 4.90 Å². The Kier molecular flexibility index (Phi) is 6.38. The van der Waals surface area contributed by atoms with E-state index in [4.69, 9.17) is 0 Å². The van der Waals surface area contributed by atoms with Crippen molar-refractivity contribution in [3.63, 3.8) is 0 Å². The molecule has 1 heterocycles. The maximum atomic E-state index is 12.3. The fraction of sp³-hybridized carbons (Fsp3) is 0.824. The molecule has 1 fully saturated rings. The third-order valence-corrected chi connectivity index (χ3v) is 4.38. The highest BCUT2D eigenvalue weighted by atomic mass is 16.3. The number of nitrogens with one attached hydrogen (secondary N) is 2. The summed E-state index contributed by atoms with van der Waals surface area (Å²) in [5, 5.41) is 15.4. The van der Waals surface area contributed by atoms with Crippen LogP contribution in [-0.4, -0.2) is 53.1 Å². The molecule has 3 amide bonds. The molecular formula is C17H31N3O4. The number of carbonyl (C=O) groups excluding carboxylic acids is 3. The molecule has 0 radical (unpaired) electrons. The maximum absolute atomic E-state index is 12.3. The van der Waals surface area contributed by atoms with Gasteiger partial charge in [0.1, 0.15) is 12.5 Å². The first-order chi connectivity index (χ1) is 10.9. The molecule has 0 aromatic rings. The molecule has 1 rings (SSSR count). The molecular weight excluding hydrogens is 310 g/mol. The molecule has 0 bridgehead atoms. The SMILES string of the molecule is CC(C)(C)[C@@H](C=O)NC(=O)N[C@H](CN1C(=O)CCC1O)C(C)(C)C. The van der Waals surface area contributed by atoms with Gasteiger partial charge in [0.05, 0.1) is 12.1 Å². The molecule has 1 unspecified atom stereocenters. The molecule has 3 N–H and O–H groups in total. The van der Waals surface area contributed by atoms with Crippen molar-refractivity contribution in [2.24, 2.45) is 10.8 Å². The lowest BCUT2D eigenvalue weighted by atomic mass is 9.86. The van der Waals surface area contributed by atoms with Crippen LogP contribution in [0.5, 0.6) is 0 Å². The second-order valence-electron chi connectivity index (χ2n) is 8.58. The van der Waals surface area contributed by atoms with E-state index in [0.717, 1.165) is 6.29 Å². The molecule has 7 nitrogen and oxygen atoms in total.